The van der Waals surface area contributed by atoms with Crippen LogP contribution in [0.3, 0.4) is 0 Å². The van der Waals surface area contributed by atoms with Gasteiger partial charge in [-0.1, -0.05) is 24.3 Å². The van der Waals surface area contributed by atoms with E-state index in [1.54, 1.807) is 12.1 Å². The van der Waals surface area contributed by atoms with Crippen LogP contribution in [-0.4, -0.2) is 10.8 Å². The van der Waals surface area contributed by atoms with E-state index < -0.39 is 4.92 Å². The van der Waals surface area contributed by atoms with Crippen LogP contribution in [0.4, 0.5) is 11.4 Å². The fraction of sp³-hybridized carbons (Fsp3) is 0.0714. The fourth-order valence-corrected chi connectivity index (χ4v) is 1.99. The molecular formula is C14H11N3O3. The molecule has 100 valence electrons. The van der Waals surface area contributed by atoms with Crippen LogP contribution in [0.2, 0.25) is 0 Å². The molecule has 0 saturated carbocycles. The summed E-state index contributed by atoms with van der Waals surface area (Å²) in [5.41, 5.74) is 5.04. The molecule has 6 nitrogen and oxygen atoms in total. The second kappa shape index (κ2) is 4.65. The summed E-state index contributed by atoms with van der Waals surface area (Å²) < 4.78 is 0. The molecule has 1 N–H and O–H groups in total. The van der Waals surface area contributed by atoms with Gasteiger partial charge in [-0.3, -0.25) is 10.1 Å². The number of nitro benzene ring substituents is 1. The summed E-state index contributed by atoms with van der Waals surface area (Å²) in [4.78, 5) is 20.3. The van der Waals surface area contributed by atoms with Crippen molar-refractivity contribution in [2.45, 2.75) is 6.92 Å². The highest BCUT2D eigenvalue weighted by Gasteiger charge is 2.17. The van der Waals surface area contributed by atoms with E-state index in [1.807, 2.05) is 25.1 Å². The van der Waals surface area contributed by atoms with Crippen molar-refractivity contribution in [3.05, 3.63) is 63.7 Å². The molecule has 0 amide bonds. The van der Waals surface area contributed by atoms with Crippen molar-refractivity contribution >= 4 is 17.2 Å². The number of hydroxylamine groups is 1. The first-order valence-electron chi connectivity index (χ1n) is 6.01. The van der Waals surface area contributed by atoms with Gasteiger partial charge in [-0.2, -0.15) is 0 Å². The first-order chi connectivity index (χ1) is 9.65. The minimum absolute atomic E-state index is 0.0163. The molecule has 20 heavy (non-hydrogen) atoms. The molecule has 1 aliphatic rings. The number of nitrogens with one attached hydrogen (secondary N) is 1. The highest BCUT2D eigenvalue weighted by atomic mass is 16.7. The molecule has 0 bridgehead atoms. The summed E-state index contributed by atoms with van der Waals surface area (Å²) in [5.74, 6) is 1.09. The van der Waals surface area contributed by atoms with Crippen LogP contribution < -0.4 is 10.3 Å². The molecule has 0 atom stereocenters. The molecule has 0 spiro atoms. The number of rotatable bonds is 2. The number of hydrogen-bond acceptors (Lipinski definition) is 5. The van der Waals surface area contributed by atoms with Crippen molar-refractivity contribution < 1.29 is 9.76 Å². The summed E-state index contributed by atoms with van der Waals surface area (Å²) in [5, 5.41) is 10.8. The number of nitrogens with zero attached hydrogens (tertiary/aromatic N) is 2. The first kappa shape index (κ1) is 12.2. The largest absolute Gasteiger partial charge is 0.378 e. The molecule has 1 heterocycles. The maximum atomic E-state index is 10.8. The Kier molecular flexibility index (Phi) is 2.83. The molecule has 0 unspecified atom stereocenters. The quantitative estimate of drug-likeness (QED) is 0.671. The van der Waals surface area contributed by atoms with Gasteiger partial charge in [-0.25, -0.2) is 10.5 Å². The summed E-state index contributed by atoms with van der Waals surface area (Å²) in [6, 6.07) is 11.9. The highest BCUT2D eigenvalue weighted by molar-refractivity contribution is 6.01. The van der Waals surface area contributed by atoms with Gasteiger partial charge in [-0.15, -0.1) is 0 Å². The Morgan fingerprint density at radius 2 is 2.05 bits per heavy atom. The lowest BCUT2D eigenvalue weighted by atomic mass is 10.1. The summed E-state index contributed by atoms with van der Waals surface area (Å²) >= 11 is 0. The van der Waals surface area contributed by atoms with Crippen molar-refractivity contribution in [2.75, 3.05) is 0 Å². The zero-order valence-electron chi connectivity index (χ0n) is 10.7. The van der Waals surface area contributed by atoms with Gasteiger partial charge in [0.1, 0.15) is 5.69 Å². The Bertz CT molecular complexity index is 725. The third kappa shape index (κ3) is 2.07. The Hall–Kier alpha value is -2.89. The van der Waals surface area contributed by atoms with E-state index in [-0.39, 0.29) is 5.69 Å². The van der Waals surface area contributed by atoms with E-state index in [0.29, 0.717) is 17.1 Å². The summed E-state index contributed by atoms with van der Waals surface area (Å²) in [6.07, 6.45) is 0. The Labute approximate surface area is 114 Å². The van der Waals surface area contributed by atoms with E-state index in [1.165, 1.54) is 12.1 Å². The predicted molar refractivity (Wildman–Crippen MR) is 74.2 cm³/mol. The number of aliphatic imine (C=N–C) groups is 1. The zero-order valence-corrected chi connectivity index (χ0v) is 10.7. The molecule has 0 fully saturated rings. The first-order valence-corrected chi connectivity index (χ1v) is 6.01. The second-order valence-electron chi connectivity index (χ2n) is 4.39. The van der Waals surface area contributed by atoms with Gasteiger partial charge < -0.3 is 4.84 Å². The number of amidine groups is 1. The minimum Gasteiger partial charge on any atom is -0.378 e. The van der Waals surface area contributed by atoms with E-state index in [4.69, 9.17) is 4.84 Å². The second-order valence-corrected chi connectivity index (χ2v) is 4.39. The van der Waals surface area contributed by atoms with Gasteiger partial charge in [0.2, 0.25) is 0 Å². The number of aryl methyl sites for hydroxylation is 1. The standard InChI is InChI=1S/C14H11N3O3/c1-9-4-2-7-12-13(9)15-14(16-20-12)10-5-3-6-11(8-10)17(18)19/h2-8H,1H3,(H,15,16). The van der Waals surface area contributed by atoms with Crippen molar-refractivity contribution in [1.82, 2.24) is 5.48 Å². The fourth-order valence-electron chi connectivity index (χ4n) is 1.99. The van der Waals surface area contributed by atoms with Crippen molar-refractivity contribution in [3.8, 4) is 5.75 Å². The average molecular weight is 269 g/mol. The SMILES string of the molecule is Cc1cccc2c1N=C(c1cccc([N+](=O)[O-])c1)NO2. The van der Waals surface area contributed by atoms with E-state index >= 15 is 0 Å². The normalized spacial score (nSPS) is 12.8. The highest BCUT2D eigenvalue weighted by Crippen LogP contribution is 2.33. The van der Waals surface area contributed by atoms with Crippen molar-refractivity contribution in [3.63, 3.8) is 0 Å². The Morgan fingerprint density at radius 3 is 2.85 bits per heavy atom. The average Bonchev–Trinajstić information content (AvgIpc) is 2.47. The van der Waals surface area contributed by atoms with Crippen LogP contribution in [0, 0.1) is 17.0 Å². The molecule has 2 aromatic carbocycles. The lowest BCUT2D eigenvalue weighted by Gasteiger charge is -2.19. The summed E-state index contributed by atoms with van der Waals surface area (Å²) in [7, 11) is 0. The number of para-hydroxylation sites is 1. The minimum atomic E-state index is -0.438. The maximum Gasteiger partial charge on any atom is 0.270 e. The van der Waals surface area contributed by atoms with Crippen molar-refractivity contribution in [2.24, 2.45) is 4.99 Å². The number of fused-ring (bicyclic) bond motifs is 1. The van der Waals surface area contributed by atoms with Crippen LogP contribution in [0.25, 0.3) is 0 Å². The van der Waals surface area contributed by atoms with Gasteiger partial charge in [0.15, 0.2) is 11.6 Å². The third-order valence-electron chi connectivity index (χ3n) is 3.01. The van der Waals surface area contributed by atoms with Crippen LogP contribution >= 0.6 is 0 Å². The molecule has 6 heteroatoms. The van der Waals surface area contributed by atoms with Crippen LogP contribution in [0.5, 0.6) is 5.75 Å². The van der Waals surface area contributed by atoms with Gasteiger partial charge in [0, 0.05) is 17.7 Å². The molecular weight excluding hydrogens is 258 g/mol. The van der Waals surface area contributed by atoms with E-state index in [9.17, 15) is 10.1 Å². The molecule has 0 saturated heterocycles. The number of hydrogen-bond donors (Lipinski definition) is 1. The van der Waals surface area contributed by atoms with Gasteiger partial charge >= 0.3 is 0 Å². The molecule has 0 radical (unpaired) electrons. The molecule has 1 aliphatic heterocycles. The summed E-state index contributed by atoms with van der Waals surface area (Å²) in [6.45, 7) is 1.93. The number of non-ortho nitro benzene ring substituents is 1. The van der Waals surface area contributed by atoms with Gasteiger partial charge in [-0.05, 0) is 18.6 Å². The van der Waals surface area contributed by atoms with Gasteiger partial charge in [0.25, 0.3) is 5.69 Å². The predicted octanol–water partition coefficient (Wildman–Crippen LogP) is 2.88. The smallest absolute Gasteiger partial charge is 0.270 e. The molecule has 0 aromatic heterocycles. The van der Waals surface area contributed by atoms with Crippen LogP contribution in [0.15, 0.2) is 47.5 Å². The lowest BCUT2D eigenvalue weighted by Crippen LogP contribution is -2.30. The Morgan fingerprint density at radius 1 is 1.25 bits per heavy atom. The Balaban J connectivity index is 2.06. The molecule has 0 aliphatic carbocycles. The van der Waals surface area contributed by atoms with Crippen LogP contribution in [-0.2, 0) is 0 Å². The maximum absolute atomic E-state index is 10.8. The number of nitro groups is 1. The van der Waals surface area contributed by atoms with Crippen molar-refractivity contribution in [1.29, 1.82) is 0 Å². The number of benzene rings is 2. The zero-order chi connectivity index (χ0) is 14.1. The van der Waals surface area contributed by atoms with E-state index in [0.717, 1.165) is 11.3 Å². The van der Waals surface area contributed by atoms with Gasteiger partial charge in [0.05, 0.1) is 4.92 Å². The molecule has 3 rings (SSSR count). The molecule has 2 aromatic rings. The lowest BCUT2D eigenvalue weighted by molar-refractivity contribution is -0.384. The van der Waals surface area contributed by atoms with Crippen LogP contribution in [0.1, 0.15) is 11.1 Å². The van der Waals surface area contributed by atoms with E-state index in [2.05, 4.69) is 10.5 Å². The third-order valence-corrected chi connectivity index (χ3v) is 3.01. The topological polar surface area (TPSA) is 76.8 Å². The monoisotopic (exact) mass is 269 g/mol.